The highest BCUT2D eigenvalue weighted by molar-refractivity contribution is 5.69. The molecule has 0 bridgehead atoms. The van der Waals surface area contributed by atoms with Gasteiger partial charge in [0.1, 0.15) is 5.60 Å². The van der Waals surface area contributed by atoms with Gasteiger partial charge in [-0.3, -0.25) is 4.90 Å². The van der Waals surface area contributed by atoms with Crippen LogP contribution in [-0.2, 0) is 17.8 Å². The molecular weight excluding hydrogens is 228 g/mol. The van der Waals surface area contributed by atoms with Gasteiger partial charge in [0.15, 0.2) is 0 Å². The Balaban J connectivity index is 1.71. The fourth-order valence-electron chi connectivity index (χ4n) is 2.44. The molecule has 4 heteroatoms. The number of hydrogen-bond donors (Lipinski definition) is 0. The molecule has 0 radical (unpaired) electrons. The molecular formula is C14H20N2O2. The van der Waals surface area contributed by atoms with Crippen LogP contribution in [-0.4, -0.2) is 21.2 Å². The topological polar surface area (TPSA) is 34.5 Å². The van der Waals surface area contributed by atoms with Gasteiger partial charge in [0.05, 0.1) is 13.1 Å². The van der Waals surface area contributed by atoms with E-state index in [0.29, 0.717) is 19.1 Å². The van der Waals surface area contributed by atoms with Crippen LogP contribution in [0.5, 0.6) is 0 Å². The van der Waals surface area contributed by atoms with Gasteiger partial charge in [0, 0.05) is 17.9 Å². The summed E-state index contributed by atoms with van der Waals surface area (Å²) in [5.41, 5.74) is 2.15. The molecule has 0 aromatic carbocycles. The highest BCUT2D eigenvalue weighted by Crippen LogP contribution is 2.39. The molecule has 0 saturated heterocycles. The number of nitrogens with zero attached hydrogens (tertiary/aromatic N) is 2. The van der Waals surface area contributed by atoms with E-state index in [4.69, 9.17) is 4.74 Å². The lowest BCUT2D eigenvalue weighted by atomic mass is 10.2. The molecule has 1 amide bonds. The zero-order valence-corrected chi connectivity index (χ0v) is 11.3. The molecule has 0 spiro atoms. The molecule has 1 aromatic rings. The lowest BCUT2D eigenvalue weighted by Gasteiger charge is -2.24. The van der Waals surface area contributed by atoms with Crippen LogP contribution in [0, 0.1) is 0 Å². The largest absolute Gasteiger partial charge is 0.444 e. The van der Waals surface area contributed by atoms with E-state index in [1.54, 1.807) is 4.90 Å². The van der Waals surface area contributed by atoms with E-state index in [1.807, 2.05) is 20.8 Å². The molecule has 2 heterocycles. The molecule has 1 aliphatic carbocycles. The summed E-state index contributed by atoms with van der Waals surface area (Å²) < 4.78 is 7.75. The van der Waals surface area contributed by atoms with Crippen LogP contribution in [0.1, 0.15) is 50.9 Å². The minimum atomic E-state index is -0.421. The second-order valence-corrected chi connectivity index (χ2v) is 6.26. The molecule has 0 N–H and O–H groups in total. The quantitative estimate of drug-likeness (QED) is 0.765. The average Bonchev–Trinajstić information content (AvgIpc) is 2.87. The number of carbonyl (C=O) groups excluding carboxylic acids is 1. The Bertz CT molecular complexity index is 480. The van der Waals surface area contributed by atoms with Gasteiger partial charge in [-0.05, 0) is 45.2 Å². The van der Waals surface area contributed by atoms with Crippen molar-refractivity contribution in [1.29, 1.82) is 0 Å². The van der Waals surface area contributed by atoms with E-state index in [1.165, 1.54) is 24.1 Å². The van der Waals surface area contributed by atoms with Crippen LogP contribution in [0.25, 0.3) is 0 Å². The maximum absolute atomic E-state index is 12.0. The molecule has 1 aromatic heterocycles. The SMILES string of the molecule is CC(C)(C)OC(=O)N1Cc2ccn(C3CC3)c2C1. The predicted octanol–water partition coefficient (Wildman–Crippen LogP) is 3.07. The van der Waals surface area contributed by atoms with Gasteiger partial charge in [0.25, 0.3) is 0 Å². The fourth-order valence-corrected chi connectivity index (χ4v) is 2.44. The highest BCUT2D eigenvalue weighted by atomic mass is 16.6. The van der Waals surface area contributed by atoms with Gasteiger partial charge in [-0.1, -0.05) is 0 Å². The predicted molar refractivity (Wildman–Crippen MR) is 68.2 cm³/mol. The van der Waals surface area contributed by atoms with Crippen LogP contribution in [0.4, 0.5) is 4.79 Å². The van der Waals surface area contributed by atoms with E-state index in [-0.39, 0.29) is 6.09 Å². The Hall–Kier alpha value is -1.45. The standard InChI is InChI=1S/C14H20N2O2/c1-14(2,3)18-13(17)15-8-10-6-7-16(11-4-5-11)12(10)9-15/h6-7,11H,4-5,8-9H2,1-3H3. The minimum Gasteiger partial charge on any atom is -0.444 e. The maximum atomic E-state index is 12.0. The second-order valence-electron chi connectivity index (χ2n) is 6.26. The third-order valence-electron chi connectivity index (χ3n) is 3.41. The van der Waals surface area contributed by atoms with Crippen molar-refractivity contribution in [2.45, 2.75) is 58.3 Å². The van der Waals surface area contributed by atoms with E-state index in [9.17, 15) is 4.79 Å². The van der Waals surface area contributed by atoms with Crippen molar-refractivity contribution in [3.63, 3.8) is 0 Å². The minimum absolute atomic E-state index is 0.207. The van der Waals surface area contributed by atoms with Crippen molar-refractivity contribution < 1.29 is 9.53 Å². The molecule has 1 fully saturated rings. The first kappa shape index (κ1) is 11.6. The van der Waals surface area contributed by atoms with E-state index in [0.717, 1.165) is 0 Å². The molecule has 1 aliphatic heterocycles. The molecule has 18 heavy (non-hydrogen) atoms. The van der Waals surface area contributed by atoms with E-state index >= 15 is 0 Å². The third kappa shape index (κ3) is 2.11. The smallest absolute Gasteiger partial charge is 0.410 e. The van der Waals surface area contributed by atoms with Gasteiger partial charge < -0.3 is 9.30 Å². The lowest BCUT2D eigenvalue weighted by Crippen LogP contribution is -2.33. The third-order valence-corrected chi connectivity index (χ3v) is 3.41. The van der Waals surface area contributed by atoms with Crippen LogP contribution >= 0.6 is 0 Å². The van der Waals surface area contributed by atoms with Gasteiger partial charge >= 0.3 is 6.09 Å². The van der Waals surface area contributed by atoms with Crippen LogP contribution in [0.15, 0.2) is 12.3 Å². The van der Waals surface area contributed by atoms with Gasteiger partial charge in [-0.2, -0.15) is 0 Å². The summed E-state index contributed by atoms with van der Waals surface area (Å²) >= 11 is 0. The molecule has 4 nitrogen and oxygen atoms in total. The molecule has 1 saturated carbocycles. The summed E-state index contributed by atoms with van der Waals surface area (Å²) in [5.74, 6) is 0. The number of amides is 1. The number of aromatic nitrogens is 1. The van der Waals surface area contributed by atoms with Gasteiger partial charge in [0.2, 0.25) is 0 Å². The summed E-state index contributed by atoms with van der Waals surface area (Å²) in [5, 5.41) is 0. The van der Waals surface area contributed by atoms with Crippen molar-refractivity contribution in [2.75, 3.05) is 0 Å². The summed E-state index contributed by atoms with van der Waals surface area (Å²) in [7, 11) is 0. The Morgan fingerprint density at radius 2 is 2.06 bits per heavy atom. The van der Waals surface area contributed by atoms with Crippen LogP contribution in [0.3, 0.4) is 0 Å². The first-order chi connectivity index (χ1) is 8.44. The summed E-state index contributed by atoms with van der Waals surface area (Å²) in [4.78, 5) is 13.8. The Labute approximate surface area is 108 Å². The molecule has 2 aliphatic rings. The monoisotopic (exact) mass is 248 g/mol. The zero-order valence-electron chi connectivity index (χ0n) is 11.3. The van der Waals surface area contributed by atoms with Crippen molar-refractivity contribution in [1.82, 2.24) is 9.47 Å². The second kappa shape index (κ2) is 3.77. The molecule has 98 valence electrons. The Morgan fingerprint density at radius 1 is 1.33 bits per heavy atom. The molecule has 0 unspecified atom stereocenters. The summed E-state index contributed by atoms with van der Waals surface area (Å²) in [6.07, 6.45) is 4.50. The zero-order chi connectivity index (χ0) is 12.9. The van der Waals surface area contributed by atoms with E-state index < -0.39 is 5.60 Å². The number of fused-ring (bicyclic) bond motifs is 1. The lowest BCUT2D eigenvalue weighted by molar-refractivity contribution is 0.0239. The van der Waals surface area contributed by atoms with Crippen molar-refractivity contribution >= 4 is 6.09 Å². The summed E-state index contributed by atoms with van der Waals surface area (Å²) in [6.45, 7) is 7.08. The highest BCUT2D eigenvalue weighted by Gasteiger charge is 2.33. The average molecular weight is 248 g/mol. The van der Waals surface area contributed by atoms with Gasteiger partial charge in [-0.15, -0.1) is 0 Å². The Morgan fingerprint density at radius 3 is 2.67 bits per heavy atom. The number of hydrogen-bond acceptors (Lipinski definition) is 2. The normalized spacial score (nSPS) is 18.9. The summed E-state index contributed by atoms with van der Waals surface area (Å²) in [6, 6.07) is 2.81. The first-order valence-electron chi connectivity index (χ1n) is 6.60. The van der Waals surface area contributed by atoms with Gasteiger partial charge in [-0.25, -0.2) is 4.79 Å². The molecule has 3 rings (SSSR count). The molecule has 0 atom stereocenters. The van der Waals surface area contributed by atoms with Crippen LogP contribution < -0.4 is 0 Å². The van der Waals surface area contributed by atoms with E-state index in [2.05, 4.69) is 16.8 Å². The Kier molecular flexibility index (Phi) is 2.44. The fraction of sp³-hybridized carbons (Fsp3) is 0.643. The number of rotatable bonds is 1. The van der Waals surface area contributed by atoms with Crippen molar-refractivity contribution in [3.05, 3.63) is 23.5 Å². The number of ether oxygens (including phenoxy) is 1. The first-order valence-corrected chi connectivity index (χ1v) is 6.60. The van der Waals surface area contributed by atoms with Crippen molar-refractivity contribution in [3.8, 4) is 0 Å². The number of carbonyl (C=O) groups is 1. The maximum Gasteiger partial charge on any atom is 0.410 e. The van der Waals surface area contributed by atoms with Crippen molar-refractivity contribution in [2.24, 2.45) is 0 Å². The van der Waals surface area contributed by atoms with Crippen LogP contribution in [0.2, 0.25) is 0 Å².